The third-order valence-corrected chi connectivity index (χ3v) is 6.13. The summed E-state index contributed by atoms with van der Waals surface area (Å²) < 4.78 is 3.65. The minimum Gasteiger partial charge on any atom is -0.392 e. The van der Waals surface area contributed by atoms with Gasteiger partial charge in [0.15, 0.2) is 17.3 Å². The van der Waals surface area contributed by atoms with Gasteiger partial charge in [0.1, 0.15) is 11.3 Å². The first-order valence-electron chi connectivity index (χ1n) is 10.8. The first-order valence-corrected chi connectivity index (χ1v) is 10.8. The molecule has 0 saturated heterocycles. The Hall–Kier alpha value is -4.08. The molecular formula is C24H22N8O. The molecule has 0 unspecified atom stereocenters. The Balaban J connectivity index is 1.61. The molecular weight excluding hydrogens is 416 g/mol. The van der Waals surface area contributed by atoms with Crippen molar-refractivity contribution in [3.8, 4) is 22.9 Å². The van der Waals surface area contributed by atoms with Crippen molar-refractivity contribution in [3.63, 3.8) is 0 Å². The lowest BCUT2D eigenvalue weighted by molar-refractivity contribution is 0.282. The number of aliphatic hydroxyl groups is 1. The van der Waals surface area contributed by atoms with Gasteiger partial charge in [0.25, 0.3) is 0 Å². The van der Waals surface area contributed by atoms with Crippen LogP contribution in [0.1, 0.15) is 29.2 Å². The number of nitrogens with two attached hydrogens (primary N) is 2. The minimum atomic E-state index is -0.0815. The number of nitrogens with zero attached hydrogens (tertiary/aromatic N) is 6. The van der Waals surface area contributed by atoms with E-state index in [1.807, 2.05) is 34.9 Å². The van der Waals surface area contributed by atoms with E-state index in [4.69, 9.17) is 21.4 Å². The van der Waals surface area contributed by atoms with E-state index in [0.717, 1.165) is 29.6 Å². The number of hydrogen-bond donors (Lipinski definition) is 3. The molecule has 4 heterocycles. The van der Waals surface area contributed by atoms with Crippen LogP contribution >= 0.6 is 0 Å². The van der Waals surface area contributed by atoms with E-state index >= 15 is 0 Å². The quantitative estimate of drug-likeness (QED) is 0.393. The SMILES string of the molecule is Nc1ncccc1-c1nc2ccc(-n3cc(CO)cn3)nc2n1-c1ccc2c(c1)CC[C@@H]2N. The fourth-order valence-electron chi connectivity index (χ4n) is 4.45. The fourth-order valence-corrected chi connectivity index (χ4v) is 4.45. The van der Waals surface area contributed by atoms with Gasteiger partial charge in [-0.05, 0) is 60.4 Å². The predicted molar refractivity (Wildman–Crippen MR) is 125 cm³/mol. The Labute approximate surface area is 189 Å². The van der Waals surface area contributed by atoms with E-state index in [9.17, 15) is 5.11 Å². The van der Waals surface area contributed by atoms with E-state index in [0.29, 0.717) is 28.7 Å². The van der Waals surface area contributed by atoms with Crippen LogP contribution in [-0.4, -0.2) is 34.4 Å². The number of hydrogen-bond acceptors (Lipinski definition) is 7. The van der Waals surface area contributed by atoms with Crippen LogP contribution in [0.3, 0.4) is 0 Å². The Morgan fingerprint density at radius 1 is 1.12 bits per heavy atom. The first kappa shape index (κ1) is 19.6. The molecule has 1 aliphatic carbocycles. The summed E-state index contributed by atoms with van der Waals surface area (Å²) in [4.78, 5) is 14.0. The Bertz CT molecular complexity index is 1500. The lowest BCUT2D eigenvalue weighted by Crippen LogP contribution is -2.06. The van der Waals surface area contributed by atoms with Crippen molar-refractivity contribution in [1.82, 2.24) is 29.3 Å². The largest absolute Gasteiger partial charge is 0.392 e. The smallest absolute Gasteiger partial charge is 0.167 e. The van der Waals surface area contributed by atoms with Gasteiger partial charge in [0.2, 0.25) is 0 Å². The fraction of sp³-hybridized carbons (Fsp3) is 0.167. The standard InChI is InChI=1S/C24H22N8O/c25-19-6-3-15-10-16(4-5-17(15)19)32-23(18-2-1-9-27-22(18)26)29-20-7-8-21(30-24(20)32)31-12-14(13-33)11-28-31/h1-2,4-5,7-12,19,33H,3,6,13,25H2,(H2,26,27)/t19-/m0/s1. The summed E-state index contributed by atoms with van der Waals surface area (Å²) in [6.45, 7) is -0.0815. The summed E-state index contributed by atoms with van der Waals surface area (Å²) in [5.74, 6) is 1.69. The van der Waals surface area contributed by atoms with E-state index in [-0.39, 0.29) is 12.6 Å². The minimum absolute atomic E-state index is 0.0762. The number of benzene rings is 1. The van der Waals surface area contributed by atoms with Crippen molar-refractivity contribution in [2.24, 2.45) is 5.73 Å². The van der Waals surface area contributed by atoms with E-state index < -0.39 is 0 Å². The molecule has 1 aliphatic rings. The highest BCUT2D eigenvalue weighted by atomic mass is 16.3. The molecule has 1 aromatic carbocycles. The third kappa shape index (κ3) is 3.17. The molecule has 1 atom stereocenters. The predicted octanol–water partition coefficient (Wildman–Crippen LogP) is 2.69. The maximum atomic E-state index is 9.40. The Kier molecular flexibility index (Phi) is 4.46. The molecule has 0 amide bonds. The number of fused-ring (bicyclic) bond motifs is 2. The monoisotopic (exact) mass is 438 g/mol. The highest BCUT2D eigenvalue weighted by Crippen LogP contribution is 2.34. The average Bonchev–Trinajstić information content (AvgIpc) is 3.55. The number of nitrogen functional groups attached to an aromatic ring is 1. The van der Waals surface area contributed by atoms with Crippen LogP contribution in [0, 0.1) is 0 Å². The summed E-state index contributed by atoms with van der Waals surface area (Å²) in [5, 5.41) is 13.7. The zero-order valence-electron chi connectivity index (χ0n) is 17.8. The highest BCUT2D eigenvalue weighted by Gasteiger charge is 2.23. The van der Waals surface area contributed by atoms with Crippen LogP contribution in [0.25, 0.3) is 34.1 Å². The first-order chi connectivity index (χ1) is 16.1. The van der Waals surface area contributed by atoms with Crippen molar-refractivity contribution in [3.05, 3.63) is 77.7 Å². The number of pyridine rings is 2. The molecule has 4 aromatic heterocycles. The van der Waals surface area contributed by atoms with E-state index in [1.165, 1.54) is 11.1 Å². The number of aromatic nitrogens is 6. The molecule has 33 heavy (non-hydrogen) atoms. The van der Waals surface area contributed by atoms with Gasteiger partial charge in [-0.15, -0.1) is 0 Å². The molecule has 164 valence electrons. The summed E-state index contributed by atoms with van der Waals surface area (Å²) >= 11 is 0. The van der Waals surface area contributed by atoms with Gasteiger partial charge < -0.3 is 16.6 Å². The number of anilines is 1. The van der Waals surface area contributed by atoms with Gasteiger partial charge in [-0.1, -0.05) is 6.07 Å². The lowest BCUT2D eigenvalue weighted by Gasteiger charge is -2.13. The van der Waals surface area contributed by atoms with Crippen LogP contribution < -0.4 is 11.5 Å². The van der Waals surface area contributed by atoms with Crippen molar-refractivity contribution >= 4 is 17.0 Å². The van der Waals surface area contributed by atoms with Gasteiger partial charge in [-0.2, -0.15) is 5.10 Å². The molecule has 0 radical (unpaired) electrons. The van der Waals surface area contributed by atoms with Gasteiger partial charge in [0.05, 0.1) is 18.4 Å². The average molecular weight is 438 g/mol. The topological polar surface area (TPSA) is 134 Å². The van der Waals surface area contributed by atoms with Gasteiger partial charge in [0, 0.05) is 29.7 Å². The van der Waals surface area contributed by atoms with Gasteiger partial charge >= 0.3 is 0 Å². The molecule has 0 aliphatic heterocycles. The highest BCUT2D eigenvalue weighted by molar-refractivity contribution is 5.83. The van der Waals surface area contributed by atoms with Crippen molar-refractivity contribution in [1.29, 1.82) is 0 Å². The zero-order chi connectivity index (χ0) is 22.5. The maximum Gasteiger partial charge on any atom is 0.167 e. The molecule has 0 fully saturated rings. The number of rotatable bonds is 4. The number of aryl methyl sites for hydroxylation is 1. The summed E-state index contributed by atoms with van der Waals surface area (Å²) in [6, 6.07) is 13.9. The van der Waals surface area contributed by atoms with Crippen molar-refractivity contribution < 1.29 is 5.11 Å². The molecule has 0 spiro atoms. The third-order valence-electron chi connectivity index (χ3n) is 6.13. The molecule has 5 N–H and O–H groups in total. The molecule has 0 saturated carbocycles. The molecule has 6 rings (SSSR count). The summed E-state index contributed by atoms with van der Waals surface area (Å²) in [7, 11) is 0. The number of aliphatic hydroxyl groups excluding tert-OH is 1. The molecule has 9 heteroatoms. The lowest BCUT2D eigenvalue weighted by atomic mass is 10.1. The maximum absolute atomic E-state index is 9.40. The second kappa shape index (κ2) is 7.51. The van der Waals surface area contributed by atoms with Crippen LogP contribution in [0.4, 0.5) is 5.82 Å². The van der Waals surface area contributed by atoms with E-state index in [2.05, 4.69) is 22.2 Å². The number of imidazole rings is 1. The van der Waals surface area contributed by atoms with Crippen LogP contribution in [0.2, 0.25) is 0 Å². The molecule has 5 aromatic rings. The van der Waals surface area contributed by atoms with Crippen LogP contribution in [0.5, 0.6) is 0 Å². The van der Waals surface area contributed by atoms with Crippen molar-refractivity contribution in [2.45, 2.75) is 25.5 Å². The van der Waals surface area contributed by atoms with Crippen LogP contribution in [-0.2, 0) is 13.0 Å². The second-order valence-corrected chi connectivity index (χ2v) is 8.20. The van der Waals surface area contributed by atoms with E-state index in [1.54, 1.807) is 23.3 Å². The summed E-state index contributed by atoms with van der Waals surface area (Å²) in [5.41, 5.74) is 18.7. The molecule has 0 bridgehead atoms. The molecule has 9 nitrogen and oxygen atoms in total. The van der Waals surface area contributed by atoms with Gasteiger partial charge in [-0.3, -0.25) is 4.57 Å². The Morgan fingerprint density at radius 2 is 2.03 bits per heavy atom. The van der Waals surface area contributed by atoms with Gasteiger partial charge in [-0.25, -0.2) is 19.6 Å². The second-order valence-electron chi connectivity index (χ2n) is 8.20. The summed E-state index contributed by atoms with van der Waals surface area (Å²) in [6.07, 6.45) is 6.92. The zero-order valence-corrected chi connectivity index (χ0v) is 17.8. The van der Waals surface area contributed by atoms with Crippen molar-refractivity contribution in [2.75, 3.05) is 5.73 Å². The Morgan fingerprint density at radius 3 is 2.85 bits per heavy atom. The van der Waals surface area contributed by atoms with Crippen LogP contribution in [0.15, 0.2) is 61.1 Å². The normalized spacial score (nSPS) is 15.3.